The Morgan fingerprint density at radius 3 is 1.92 bits per heavy atom. The molecule has 25 heavy (non-hydrogen) atoms. The zero-order valence-corrected chi connectivity index (χ0v) is 15.0. The van der Waals surface area contributed by atoms with Crippen molar-refractivity contribution in [2.45, 2.75) is 13.3 Å². The zero-order chi connectivity index (χ0) is 17.8. The molecule has 0 radical (unpaired) electrons. The van der Waals surface area contributed by atoms with Crippen molar-refractivity contribution in [2.75, 3.05) is 26.2 Å². The fraction of sp³-hybridized carbons (Fsp3) is 0.300. The molecule has 5 heteroatoms. The van der Waals surface area contributed by atoms with Crippen molar-refractivity contribution in [2.24, 2.45) is 0 Å². The summed E-state index contributed by atoms with van der Waals surface area (Å²) in [6.07, 6.45) is 0.758. The van der Waals surface area contributed by atoms with E-state index in [-0.39, 0.29) is 11.8 Å². The van der Waals surface area contributed by atoms with Gasteiger partial charge in [0.15, 0.2) is 0 Å². The molecule has 2 aromatic carbocycles. The van der Waals surface area contributed by atoms with Crippen LogP contribution in [0.15, 0.2) is 48.5 Å². The minimum Gasteiger partial charge on any atom is -0.337 e. The Bertz CT molecular complexity index is 725. The normalized spacial score (nSPS) is 15.0. The van der Waals surface area contributed by atoms with Crippen LogP contribution < -0.4 is 0 Å². The number of amides is 2. The first-order valence-electron chi connectivity index (χ1n) is 8.46. The van der Waals surface area contributed by atoms with Gasteiger partial charge in [0.05, 0.1) is 10.6 Å². The second kappa shape index (κ2) is 7.70. The van der Waals surface area contributed by atoms with Crippen LogP contribution in [0.1, 0.15) is 32.7 Å². The number of carbonyl (C=O) groups is 2. The van der Waals surface area contributed by atoms with Crippen LogP contribution in [0.25, 0.3) is 0 Å². The van der Waals surface area contributed by atoms with E-state index < -0.39 is 0 Å². The lowest BCUT2D eigenvalue weighted by Crippen LogP contribution is -2.37. The summed E-state index contributed by atoms with van der Waals surface area (Å²) in [4.78, 5) is 29.1. The molecular formula is C20H21ClN2O2. The zero-order valence-electron chi connectivity index (χ0n) is 14.2. The van der Waals surface area contributed by atoms with E-state index in [1.807, 2.05) is 48.2 Å². The van der Waals surface area contributed by atoms with Crippen molar-refractivity contribution in [3.05, 3.63) is 70.2 Å². The molecule has 0 atom stereocenters. The Morgan fingerprint density at radius 1 is 0.800 bits per heavy atom. The highest BCUT2D eigenvalue weighted by Gasteiger charge is 2.24. The Kier molecular flexibility index (Phi) is 5.39. The minimum atomic E-state index is -0.0733. The molecule has 0 aliphatic carbocycles. The molecule has 0 N–H and O–H groups in total. The van der Waals surface area contributed by atoms with Gasteiger partial charge < -0.3 is 9.80 Å². The summed E-state index contributed by atoms with van der Waals surface area (Å²) in [5.74, 6) is -0.0408. The maximum Gasteiger partial charge on any atom is 0.255 e. The average molecular weight is 357 g/mol. The number of nitrogens with zero attached hydrogens (tertiary/aromatic N) is 2. The van der Waals surface area contributed by atoms with Gasteiger partial charge >= 0.3 is 0 Å². The van der Waals surface area contributed by atoms with Crippen LogP contribution >= 0.6 is 11.6 Å². The summed E-state index contributed by atoms with van der Waals surface area (Å²) in [7, 11) is 0. The third-order valence-electron chi connectivity index (χ3n) is 4.55. The monoisotopic (exact) mass is 356 g/mol. The van der Waals surface area contributed by atoms with E-state index in [4.69, 9.17) is 11.6 Å². The van der Waals surface area contributed by atoms with Gasteiger partial charge in [-0.2, -0.15) is 0 Å². The van der Waals surface area contributed by atoms with Crippen molar-refractivity contribution in [3.63, 3.8) is 0 Å². The highest BCUT2D eigenvalue weighted by atomic mass is 35.5. The topological polar surface area (TPSA) is 40.6 Å². The summed E-state index contributed by atoms with van der Waals surface area (Å²) >= 11 is 6.14. The summed E-state index contributed by atoms with van der Waals surface area (Å²) in [5, 5.41) is 0.463. The van der Waals surface area contributed by atoms with E-state index in [9.17, 15) is 9.59 Å². The average Bonchev–Trinajstić information content (AvgIpc) is 2.87. The van der Waals surface area contributed by atoms with Gasteiger partial charge in [0.25, 0.3) is 11.8 Å². The Morgan fingerprint density at radius 2 is 1.32 bits per heavy atom. The van der Waals surface area contributed by atoms with Crippen LogP contribution in [0.5, 0.6) is 0 Å². The molecular weight excluding hydrogens is 336 g/mol. The minimum absolute atomic E-state index is 0.0325. The van der Waals surface area contributed by atoms with Gasteiger partial charge in [0, 0.05) is 31.7 Å². The third-order valence-corrected chi connectivity index (χ3v) is 4.88. The molecule has 1 fully saturated rings. The highest BCUT2D eigenvalue weighted by Crippen LogP contribution is 2.19. The molecule has 0 aromatic heterocycles. The van der Waals surface area contributed by atoms with E-state index in [2.05, 4.69) is 0 Å². The Hall–Kier alpha value is -2.33. The van der Waals surface area contributed by atoms with Crippen molar-refractivity contribution >= 4 is 23.4 Å². The van der Waals surface area contributed by atoms with Crippen LogP contribution in [0, 0.1) is 6.92 Å². The number of hydrogen-bond donors (Lipinski definition) is 0. The summed E-state index contributed by atoms with van der Waals surface area (Å²) in [6, 6.07) is 14.7. The van der Waals surface area contributed by atoms with Gasteiger partial charge in [-0.25, -0.2) is 0 Å². The van der Waals surface area contributed by atoms with Gasteiger partial charge in [-0.3, -0.25) is 9.59 Å². The maximum atomic E-state index is 12.8. The van der Waals surface area contributed by atoms with Gasteiger partial charge in [0.2, 0.25) is 0 Å². The number of halogens is 1. The molecule has 0 unspecified atom stereocenters. The number of aryl methyl sites for hydroxylation is 1. The second-order valence-electron chi connectivity index (χ2n) is 6.23. The smallest absolute Gasteiger partial charge is 0.255 e. The molecule has 1 heterocycles. The van der Waals surface area contributed by atoms with Crippen molar-refractivity contribution in [3.8, 4) is 0 Å². The number of rotatable bonds is 2. The van der Waals surface area contributed by atoms with Crippen LogP contribution in [0.4, 0.5) is 0 Å². The molecule has 1 aliphatic heterocycles. The standard InChI is InChI=1S/C20H21ClN2O2/c1-15-7-2-3-8-16(15)19(24)22-11-6-12-23(14-13-22)20(25)17-9-4-5-10-18(17)21/h2-5,7-10H,6,11-14H2,1H3. The molecule has 0 spiro atoms. The van der Waals surface area contributed by atoms with Gasteiger partial charge in [-0.1, -0.05) is 41.9 Å². The van der Waals surface area contributed by atoms with E-state index in [0.717, 1.165) is 17.5 Å². The lowest BCUT2D eigenvalue weighted by atomic mass is 10.1. The first kappa shape index (κ1) is 17.5. The summed E-state index contributed by atoms with van der Waals surface area (Å²) in [6.45, 7) is 4.27. The lowest BCUT2D eigenvalue weighted by molar-refractivity contribution is 0.0718. The fourth-order valence-electron chi connectivity index (χ4n) is 3.11. The van der Waals surface area contributed by atoms with E-state index >= 15 is 0 Å². The number of carbonyl (C=O) groups excluding carboxylic acids is 2. The van der Waals surface area contributed by atoms with Crippen LogP contribution in [0.3, 0.4) is 0 Å². The highest BCUT2D eigenvalue weighted by molar-refractivity contribution is 6.33. The lowest BCUT2D eigenvalue weighted by Gasteiger charge is -2.23. The molecule has 3 rings (SSSR count). The first-order chi connectivity index (χ1) is 12.1. The molecule has 0 bridgehead atoms. The molecule has 4 nitrogen and oxygen atoms in total. The second-order valence-corrected chi connectivity index (χ2v) is 6.64. The van der Waals surface area contributed by atoms with E-state index in [1.165, 1.54) is 0 Å². The van der Waals surface area contributed by atoms with Crippen molar-refractivity contribution in [1.29, 1.82) is 0 Å². The van der Waals surface area contributed by atoms with Gasteiger partial charge in [-0.05, 0) is 37.1 Å². The van der Waals surface area contributed by atoms with Crippen LogP contribution in [0.2, 0.25) is 5.02 Å². The Balaban J connectivity index is 1.70. The predicted octanol–water partition coefficient (Wildman–Crippen LogP) is 3.64. The molecule has 130 valence electrons. The van der Waals surface area contributed by atoms with Gasteiger partial charge in [-0.15, -0.1) is 0 Å². The first-order valence-corrected chi connectivity index (χ1v) is 8.84. The fourth-order valence-corrected chi connectivity index (χ4v) is 3.33. The van der Waals surface area contributed by atoms with E-state index in [1.54, 1.807) is 17.0 Å². The number of hydrogen-bond acceptors (Lipinski definition) is 2. The largest absolute Gasteiger partial charge is 0.337 e. The summed E-state index contributed by atoms with van der Waals surface area (Å²) < 4.78 is 0. The predicted molar refractivity (Wildman–Crippen MR) is 99.1 cm³/mol. The number of benzene rings is 2. The molecule has 1 saturated heterocycles. The van der Waals surface area contributed by atoms with Gasteiger partial charge in [0.1, 0.15) is 0 Å². The van der Waals surface area contributed by atoms with Crippen molar-refractivity contribution in [1.82, 2.24) is 9.80 Å². The van der Waals surface area contributed by atoms with E-state index in [0.29, 0.717) is 36.8 Å². The molecule has 2 aromatic rings. The van der Waals surface area contributed by atoms with Crippen LogP contribution in [-0.2, 0) is 0 Å². The SMILES string of the molecule is Cc1ccccc1C(=O)N1CCCN(C(=O)c2ccccc2Cl)CC1. The third kappa shape index (κ3) is 3.85. The molecule has 1 aliphatic rings. The molecule has 2 amide bonds. The maximum absolute atomic E-state index is 12.8. The van der Waals surface area contributed by atoms with Crippen LogP contribution in [-0.4, -0.2) is 47.8 Å². The summed E-state index contributed by atoms with van der Waals surface area (Å²) in [5.41, 5.74) is 2.22. The molecule has 0 saturated carbocycles. The Labute approximate surface area is 153 Å². The quantitative estimate of drug-likeness (QED) is 0.824. The van der Waals surface area contributed by atoms with Crippen molar-refractivity contribution < 1.29 is 9.59 Å².